The Bertz CT molecular complexity index is 345. The number of rotatable bonds is 10. The fourth-order valence-electron chi connectivity index (χ4n) is 1.99. The van der Waals surface area contributed by atoms with Crippen LogP contribution in [0.2, 0.25) is 0 Å². The number of aliphatic hydroxyl groups excluding tert-OH is 1. The summed E-state index contributed by atoms with van der Waals surface area (Å²) in [6, 6.07) is 0. The summed E-state index contributed by atoms with van der Waals surface area (Å²) in [4.78, 5) is 11.4. The van der Waals surface area contributed by atoms with Gasteiger partial charge in [-0.1, -0.05) is 38.5 Å². The predicted molar refractivity (Wildman–Crippen MR) is 80.5 cm³/mol. The third-order valence-corrected chi connectivity index (χ3v) is 3.37. The van der Waals surface area contributed by atoms with Crippen LogP contribution in [-0.4, -0.2) is 17.0 Å². The van der Waals surface area contributed by atoms with Gasteiger partial charge in [-0.25, -0.2) is 0 Å². The molecular formula is C16H27NO2. The molecule has 0 spiro atoms. The fraction of sp³-hybridized carbons (Fsp3) is 0.562. The van der Waals surface area contributed by atoms with Crippen LogP contribution in [0.3, 0.4) is 0 Å². The normalized spacial score (nSPS) is 15.3. The lowest BCUT2D eigenvalue weighted by Crippen LogP contribution is -2.25. The van der Waals surface area contributed by atoms with Gasteiger partial charge in [-0.2, -0.15) is 0 Å². The highest BCUT2D eigenvalue weighted by atomic mass is 16.3. The highest BCUT2D eigenvalue weighted by Gasteiger charge is 2.19. The first-order valence-electron chi connectivity index (χ1n) is 6.87. The lowest BCUT2D eigenvalue weighted by atomic mass is 9.92. The van der Waals surface area contributed by atoms with Crippen molar-refractivity contribution >= 4 is 5.78 Å². The number of Topliss-reactive ketones (excluding diaryl/α,β-unsaturated/α-hetero) is 1. The van der Waals surface area contributed by atoms with E-state index in [0.717, 1.165) is 25.7 Å². The van der Waals surface area contributed by atoms with Gasteiger partial charge in [-0.3, -0.25) is 4.79 Å². The Labute approximate surface area is 116 Å². The van der Waals surface area contributed by atoms with Crippen LogP contribution in [0.5, 0.6) is 0 Å². The van der Waals surface area contributed by atoms with Gasteiger partial charge in [-0.05, 0) is 26.2 Å². The molecule has 0 rings (SSSR count). The zero-order chi connectivity index (χ0) is 14.8. The maximum absolute atomic E-state index is 11.4. The smallest absolute Gasteiger partial charge is 0.161 e. The second-order valence-electron chi connectivity index (χ2n) is 4.91. The standard InChI is InChI=1S/C16H27NO2/c1-5-7-8-9-10-11-15(19)12(3)16(17)14(6-2)13(4)18/h5-6,12,15,19H,1-2,7-11,17H2,3-4H3/b16-14+. The number of nitrogens with two attached hydrogens (primary N) is 1. The number of aliphatic hydroxyl groups is 1. The minimum Gasteiger partial charge on any atom is -0.401 e. The highest BCUT2D eigenvalue weighted by molar-refractivity contribution is 5.96. The molecule has 0 heterocycles. The zero-order valence-electron chi connectivity index (χ0n) is 12.2. The van der Waals surface area contributed by atoms with Crippen LogP contribution in [0.1, 0.15) is 46.0 Å². The Hall–Kier alpha value is -1.35. The number of carbonyl (C=O) groups is 1. The van der Waals surface area contributed by atoms with E-state index in [1.54, 1.807) is 0 Å². The number of hydrogen-bond donors (Lipinski definition) is 2. The van der Waals surface area contributed by atoms with Crippen LogP contribution in [0.15, 0.2) is 36.6 Å². The molecule has 0 amide bonds. The molecule has 0 saturated carbocycles. The van der Waals surface area contributed by atoms with E-state index in [1.165, 1.54) is 13.0 Å². The Morgan fingerprint density at radius 1 is 1.32 bits per heavy atom. The molecule has 3 heteroatoms. The van der Waals surface area contributed by atoms with E-state index in [2.05, 4.69) is 13.2 Å². The average molecular weight is 265 g/mol. The van der Waals surface area contributed by atoms with E-state index >= 15 is 0 Å². The van der Waals surface area contributed by atoms with Gasteiger partial charge in [-0.15, -0.1) is 6.58 Å². The Morgan fingerprint density at radius 3 is 2.42 bits per heavy atom. The highest BCUT2D eigenvalue weighted by Crippen LogP contribution is 2.20. The first-order chi connectivity index (χ1) is 8.95. The summed E-state index contributed by atoms with van der Waals surface area (Å²) >= 11 is 0. The van der Waals surface area contributed by atoms with Crippen molar-refractivity contribution in [3.05, 3.63) is 36.6 Å². The molecule has 3 nitrogen and oxygen atoms in total. The largest absolute Gasteiger partial charge is 0.401 e. The Balaban J connectivity index is 4.39. The number of unbranched alkanes of at least 4 members (excludes halogenated alkanes) is 3. The van der Waals surface area contributed by atoms with Crippen molar-refractivity contribution < 1.29 is 9.90 Å². The second kappa shape index (κ2) is 9.56. The van der Waals surface area contributed by atoms with Crippen LogP contribution < -0.4 is 5.73 Å². The van der Waals surface area contributed by atoms with E-state index in [9.17, 15) is 9.90 Å². The van der Waals surface area contributed by atoms with Gasteiger partial charge in [0.25, 0.3) is 0 Å². The summed E-state index contributed by atoms with van der Waals surface area (Å²) in [5.74, 6) is -0.339. The molecule has 0 aromatic rings. The third-order valence-electron chi connectivity index (χ3n) is 3.37. The Morgan fingerprint density at radius 2 is 1.95 bits per heavy atom. The maximum Gasteiger partial charge on any atom is 0.161 e. The lowest BCUT2D eigenvalue weighted by molar-refractivity contribution is -0.113. The maximum atomic E-state index is 11.4. The average Bonchev–Trinajstić information content (AvgIpc) is 2.37. The van der Waals surface area contributed by atoms with Gasteiger partial charge >= 0.3 is 0 Å². The van der Waals surface area contributed by atoms with Gasteiger partial charge in [0.2, 0.25) is 0 Å². The molecule has 0 saturated heterocycles. The number of carbonyl (C=O) groups excluding carboxylic acids is 1. The van der Waals surface area contributed by atoms with Crippen molar-refractivity contribution in [2.75, 3.05) is 0 Å². The fourth-order valence-corrected chi connectivity index (χ4v) is 1.99. The van der Waals surface area contributed by atoms with E-state index in [4.69, 9.17) is 5.73 Å². The van der Waals surface area contributed by atoms with Crippen molar-refractivity contribution in [3.8, 4) is 0 Å². The van der Waals surface area contributed by atoms with Gasteiger partial charge in [0.1, 0.15) is 0 Å². The molecule has 0 aromatic carbocycles. The monoisotopic (exact) mass is 265 g/mol. The minimum absolute atomic E-state index is 0.113. The number of hydrogen-bond acceptors (Lipinski definition) is 3. The van der Waals surface area contributed by atoms with E-state index in [1.807, 2.05) is 13.0 Å². The van der Waals surface area contributed by atoms with Crippen molar-refractivity contribution in [2.24, 2.45) is 11.7 Å². The molecule has 0 bridgehead atoms. The van der Waals surface area contributed by atoms with Crippen molar-refractivity contribution in [3.63, 3.8) is 0 Å². The molecule has 0 aliphatic rings. The third kappa shape index (κ3) is 6.39. The molecule has 0 aromatic heterocycles. The van der Waals surface area contributed by atoms with Gasteiger partial charge in [0, 0.05) is 17.2 Å². The minimum atomic E-state index is -0.516. The molecule has 2 atom stereocenters. The lowest BCUT2D eigenvalue weighted by Gasteiger charge is -2.20. The molecular weight excluding hydrogens is 238 g/mol. The number of ketones is 1. The van der Waals surface area contributed by atoms with Crippen LogP contribution in [0.25, 0.3) is 0 Å². The van der Waals surface area contributed by atoms with Crippen LogP contribution >= 0.6 is 0 Å². The van der Waals surface area contributed by atoms with Crippen LogP contribution in [-0.2, 0) is 4.79 Å². The summed E-state index contributed by atoms with van der Waals surface area (Å²) in [5.41, 5.74) is 6.79. The molecule has 0 fully saturated rings. The molecule has 108 valence electrons. The summed E-state index contributed by atoms with van der Waals surface area (Å²) in [6.45, 7) is 10.6. The van der Waals surface area contributed by atoms with Gasteiger partial charge in [0.05, 0.1) is 6.10 Å². The molecule has 2 unspecified atom stereocenters. The SMILES string of the molecule is C=CCCCCCC(O)C(C)/C(N)=C(/C=C)C(C)=O. The van der Waals surface area contributed by atoms with Crippen LogP contribution in [0.4, 0.5) is 0 Å². The van der Waals surface area contributed by atoms with Crippen molar-refractivity contribution in [2.45, 2.75) is 52.1 Å². The Kier molecular flexibility index (Phi) is 8.88. The predicted octanol–water partition coefficient (Wildman–Crippen LogP) is 3.11. The van der Waals surface area contributed by atoms with Crippen molar-refractivity contribution in [1.82, 2.24) is 0 Å². The van der Waals surface area contributed by atoms with Gasteiger partial charge < -0.3 is 10.8 Å². The topological polar surface area (TPSA) is 63.3 Å². The first-order valence-corrected chi connectivity index (χ1v) is 6.87. The first kappa shape index (κ1) is 17.6. The number of allylic oxidation sites excluding steroid dienone is 3. The second-order valence-corrected chi connectivity index (χ2v) is 4.91. The molecule has 19 heavy (non-hydrogen) atoms. The van der Waals surface area contributed by atoms with E-state index in [0.29, 0.717) is 17.7 Å². The quantitative estimate of drug-likeness (QED) is 0.276. The summed E-state index contributed by atoms with van der Waals surface area (Å²) in [6.07, 6.45) is 7.68. The zero-order valence-corrected chi connectivity index (χ0v) is 12.2. The van der Waals surface area contributed by atoms with Crippen LogP contribution in [0, 0.1) is 5.92 Å². The van der Waals surface area contributed by atoms with Gasteiger partial charge in [0.15, 0.2) is 5.78 Å². The molecule has 3 N–H and O–H groups in total. The summed E-state index contributed by atoms with van der Waals surface area (Å²) in [7, 11) is 0. The molecule has 0 aliphatic heterocycles. The summed E-state index contributed by atoms with van der Waals surface area (Å²) in [5, 5.41) is 10.1. The van der Waals surface area contributed by atoms with E-state index < -0.39 is 6.10 Å². The molecule has 0 aliphatic carbocycles. The molecule has 0 radical (unpaired) electrons. The van der Waals surface area contributed by atoms with Crippen molar-refractivity contribution in [1.29, 1.82) is 0 Å². The summed E-state index contributed by atoms with van der Waals surface area (Å²) < 4.78 is 0. The van der Waals surface area contributed by atoms with E-state index in [-0.39, 0.29) is 11.7 Å².